The molecule has 186 valence electrons. The van der Waals surface area contributed by atoms with Gasteiger partial charge in [-0.15, -0.1) is 0 Å². The van der Waals surface area contributed by atoms with Gasteiger partial charge in [-0.2, -0.15) is 0 Å². The number of benzene rings is 2. The molecule has 5 rings (SSSR count). The maximum atomic E-state index is 13.4. The number of pyridine rings is 2. The summed E-state index contributed by atoms with van der Waals surface area (Å²) in [5.74, 6) is 2.25. The molecule has 0 unspecified atom stereocenters. The number of aromatic nitrogens is 2. The minimum atomic E-state index is -0.632. The first-order chi connectivity index (χ1) is 17.5. The second kappa shape index (κ2) is 10.4. The van der Waals surface area contributed by atoms with Gasteiger partial charge >= 0.3 is 0 Å². The van der Waals surface area contributed by atoms with Gasteiger partial charge in [0, 0.05) is 49.2 Å². The Labute approximate surface area is 210 Å². The molecule has 2 N–H and O–H groups in total. The quantitative estimate of drug-likeness (QED) is 0.413. The highest BCUT2D eigenvalue weighted by Gasteiger charge is 2.32. The van der Waals surface area contributed by atoms with E-state index in [-0.39, 0.29) is 18.6 Å². The zero-order chi connectivity index (χ0) is 25.1. The van der Waals surface area contributed by atoms with Crippen LogP contribution < -0.4 is 15.0 Å². The first-order valence-corrected chi connectivity index (χ1v) is 12.4. The van der Waals surface area contributed by atoms with Gasteiger partial charge in [0.1, 0.15) is 17.4 Å². The Morgan fingerprint density at radius 1 is 1.11 bits per heavy atom. The van der Waals surface area contributed by atoms with E-state index in [1.54, 1.807) is 6.92 Å². The SMILES string of the molecule is C[C@H](Oc1cccc2nc(NCCO)ccc12)C(=O)N1CCN(c2nccc3ccccc23)C[C@H]1C. The summed E-state index contributed by atoms with van der Waals surface area (Å²) >= 11 is 0. The molecule has 3 heterocycles. The number of ether oxygens (including phenoxy) is 1. The van der Waals surface area contributed by atoms with Crippen molar-refractivity contribution >= 4 is 39.2 Å². The number of nitrogens with one attached hydrogen (secondary N) is 1. The Kier molecular flexibility index (Phi) is 6.86. The van der Waals surface area contributed by atoms with E-state index in [4.69, 9.17) is 9.84 Å². The van der Waals surface area contributed by atoms with Crippen LogP contribution >= 0.6 is 0 Å². The average Bonchev–Trinajstić information content (AvgIpc) is 2.91. The monoisotopic (exact) mass is 485 g/mol. The zero-order valence-electron chi connectivity index (χ0n) is 20.6. The molecule has 1 amide bonds. The highest BCUT2D eigenvalue weighted by Crippen LogP contribution is 2.29. The van der Waals surface area contributed by atoms with Crippen molar-refractivity contribution < 1.29 is 14.6 Å². The molecular formula is C28H31N5O3. The van der Waals surface area contributed by atoms with Crippen LogP contribution in [0.25, 0.3) is 21.7 Å². The minimum Gasteiger partial charge on any atom is -0.480 e. The van der Waals surface area contributed by atoms with Gasteiger partial charge in [0.05, 0.1) is 12.1 Å². The highest BCUT2D eigenvalue weighted by molar-refractivity contribution is 5.92. The number of aliphatic hydroxyl groups excluding tert-OH is 1. The lowest BCUT2D eigenvalue weighted by Crippen LogP contribution is -2.56. The van der Waals surface area contributed by atoms with Crippen LogP contribution in [0.1, 0.15) is 13.8 Å². The lowest BCUT2D eigenvalue weighted by atomic mass is 10.1. The van der Waals surface area contributed by atoms with Crippen molar-refractivity contribution in [2.24, 2.45) is 0 Å². The first kappa shape index (κ1) is 23.8. The van der Waals surface area contributed by atoms with Gasteiger partial charge in [0.25, 0.3) is 5.91 Å². The van der Waals surface area contributed by atoms with E-state index in [0.717, 1.165) is 27.5 Å². The number of nitrogens with zero attached hydrogens (tertiary/aromatic N) is 4. The fourth-order valence-electron chi connectivity index (χ4n) is 4.82. The molecule has 8 heteroatoms. The summed E-state index contributed by atoms with van der Waals surface area (Å²) in [6, 6.07) is 19.7. The maximum absolute atomic E-state index is 13.4. The summed E-state index contributed by atoms with van der Waals surface area (Å²) in [7, 11) is 0. The minimum absolute atomic E-state index is 0.0207. The van der Waals surface area contributed by atoms with Crippen LogP contribution in [0, 0.1) is 0 Å². The van der Waals surface area contributed by atoms with Gasteiger partial charge in [0.15, 0.2) is 6.10 Å². The molecule has 2 atom stereocenters. The standard InChI is InChI=1S/C28H31N5O3/c1-19-18-32(27-22-7-4-3-6-21(22)12-13-30-27)15-16-33(19)28(35)20(2)36-25-9-5-8-24-23(25)10-11-26(31-24)29-14-17-34/h3-13,19-20,34H,14-18H2,1-2H3,(H,29,31)/t19-,20+/m1/s1. The fourth-order valence-corrected chi connectivity index (χ4v) is 4.82. The molecule has 0 spiro atoms. The molecule has 0 saturated carbocycles. The van der Waals surface area contributed by atoms with Crippen molar-refractivity contribution in [3.63, 3.8) is 0 Å². The van der Waals surface area contributed by atoms with Crippen LogP contribution in [0.3, 0.4) is 0 Å². The molecular weight excluding hydrogens is 454 g/mol. The molecule has 36 heavy (non-hydrogen) atoms. The number of piperazine rings is 1. The Morgan fingerprint density at radius 2 is 1.97 bits per heavy atom. The smallest absolute Gasteiger partial charge is 0.263 e. The third kappa shape index (κ3) is 4.77. The van der Waals surface area contributed by atoms with Crippen molar-refractivity contribution in [2.75, 3.05) is 43.0 Å². The molecule has 1 saturated heterocycles. The lowest BCUT2D eigenvalue weighted by molar-refractivity contribution is -0.140. The van der Waals surface area contributed by atoms with Gasteiger partial charge in [-0.3, -0.25) is 4.79 Å². The Balaban J connectivity index is 1.27. The van der Waals surface area contributed by atoms with Gasteiger partial charge in [0.2, 0.25) is 0 Å². The number of anilines is 2. The van der Waals surface area contributed by atoms with Gasteiger partial charge in [-0.05, 0) is 49.6 Å². The van der Waals surface area contributed by atoms with Crippen molar-refractivity contribution in [3.05, 3.63) is 66.9 Å². The molecule has 1 aliphatic heterocycles. The number of carbonyl (C=O) groups is 1. The van der Waals surface area contributed by atoms with Crippen LogP contribution in [0.2, 0.25) is 0 Å². The summed E-state index contributed by atoms with van der Waals surface area (Å²) in [6.45, 7) is 6.38. The number of hydrogen-bond donors (Lipinski definition) is 2. The van der Waals surface area contributed by atoms with Crippen LogP contribution in [0.15, 0.2) is 66.9 Å². The van der Waals surface area contributed by atoms with Crippen LogP contribution in [0.5, 0.6) is 5.75 Å². The highest BCUT2D eigenvalue weighted by atomic mass is 16.5. The van der Waals surface area contributed by atoms with Crippen molar-refractivity contribution in [2.45, 2.75) is 26.0 Å². The fraction of sp³-hybridized carbons (Fsp3) is 0.321. The molecule has 1 fully saturated rings. The predicted octanol–water partition coefficient (Wildman–Crippen LogP) is 3.69. The lowest BCUT2D eigenvalue weighted by Gasteiger charge is -2.41. The second-order valence-electron chi connectivity index (χ2n) is 9.11. The molecule has 0 aliphatic carbocycles. The van der Waals surface area contributed by atoms with E-state index in [1.165, 1.54) is 0 Å². The van der Waals surface area contributed by atoms with Crippen molar-refractivity contribution in [1.29, 1.82) is 0 Å². The molecule has 8 nitrogen and oxygen atoms in total. The third-order valence-electron chi connectivity index (χ3n) is 6.62. The predicted molar refractivity (Wildman–Crippen MR) is 143 cm³/mol. The van der Waals surface area contributed by atoms with Gasteiger partial charge in [-0.25, -0.2) is 9.97 Å². The van der Waals surface area contributed by atoms with E-state index in [9.17, 15) is 4.79 Å². The molecule has 1 aliphatic rings. The largest absolute Gasteiger partial charge is 0.480 e. The number of carbonyl (C=O) groups excluding carboxylic acids is 1. The normalized spacial score (nSPS) is 16.8. The molecule has 0 bridgehead atoms. The number of aliphatic hydroxyl groups is 1. The van der Waals surface area contributed by atoms with Crippen LogP contribution in [0.4, 0.5) is 11.6 Å². The Bertz CT molecular complexity index is 1370. The van der Waals surface area contributed by atoms with Gasteiger partial charge < -0.3 is 25.0 Å². The van der Waals surface area contributed by atoms with Gasteiger partial charge in [-0.1, -0.05) is 30.3 Å². The maximum Gasteiger partial charge on any atom is 0.263 e. The van der Waals surface area contributed by atoms with E-state index >= 15 is 0 Å². The molecule has 2 aromatic carbocycles. The van der Waals surface area contributed by atoms with E-state index in [2.05, 4.69) is 39.2 Å². The number of fused-ring (bicyclic) bond motifs is 2. The summed E-state index contributed by atoms with van der Waals surface area (Å²) in [5, 5.41) is 15.2. The Hall–Kier alpha value is -3.91. The van der Waals surface area contributed by atoms with Crippen LogP contribution in [-0.2, 0) is 4.79 Å². The summed E-state index contributed by atoms with van der Waals surface area (Å²) in [6.07, 6.45) is 1.22. The molecule has 2 aromatic heterocycles. The zero-order valence-corrected chi connectivity index (χ0v) is 20.6. The number of rotatable bonds is 7. The number of hydrogen-bond acceptors (Lipinski definition) is 7. The summed E-state index contributed by atoms with van der Waals surface area (Å²) < 4.78 is 6.16. The van der Waals surface area contributed by atoms with Crippen molar-refractivity contribution in [1.82, 2.24) is 14.9 Å². The van der Waals surface area contributed by atoms with E-state index < -0.39 is 6.10 Å². The molecule has 4 aromatic rings. The summed E-state index contributed by atoms with van der Waals surface area (Å²) in [4.78, 5) is 26.8. The Morgan fingerprint density at radius 3 is 2.81 bits per heavy atom. The summed E-state index contributed by atoms with van der Waals surface area (Å²) in [5.41, 5.74) is 0.764. The molecule has 0 radical (unpaired) electrons. The first-order valence-electron chi connectivity index (χ1n) is 12.4. The average molecular weight is 486 g/mol. The van der Waals surface area contributed by atoms with E-state index in [0.29, 0.717) is 37.7 Å². The second-order valence-corrected chi connectivity index (χ2v) is 9.11. The number of amides is 1. The van der Waals surface area contributed by atoms with E-state index in [1.807, 2.05) is 59.6 Å². The third-order valence-corrected chi connectivity index (χ3v) is 6.62. The topological polar surface area (TPSA) is 90.8 Å². The van der Waals surface area contributed by atoms with Crippen molar-refractivity contribution in [3.8, 4) is 5.75 Å². The van der Waals surface area contributed by atoms with Crippen LogP contribution in [-0.4, -0.2) is 70.8 Å².